The predicted molar refractivity (Wildman–Crippen MR) is 99.0 cm³/mol. The van der Waals surface area contributed by atoms with Crippen molar-refractivity contribution >= 4 is 33.1 Å². The highest BCUT2D eigenvalue weighted by atomic mass is 15.1. The minimum atomic E-state index is 1.28. The standard InChI is InChI=1S/C22H19N2/c1-14-12-17-15-8-4-6-10-18(15)24(3)22-16-9-5-7-11-19(16)23(2)20(13-14)21(17)22/h4-13H,1-3H3/q+1/p+1. The number of quaternary nitrogens is 1. The van der Waals surface area contributed by atoms with Crippen molar-refractivity contribution in [2.24, 2.45) is 7.05 Å². The number of aromatic nitrogens is 1. The zero-order valence-electron chi connectivity index (χ0n) is 14.2. The second kappa shape index (κ2) is 4.65. The van der Waals surface area contributed by atoms with Crippen molar-refractivity contribution in [1.82, 2.24) is 0 Å². The van der Waals surface area contributed by atoms with Crippen molar-refractivity contribution in [3.05, 3.63) is 66.2 Å². The average molecular weight is 312 g/mol. The second-order valence-corrected chi connectivity index (χ2v) is 6.83. The molecule has 0 bridgehead atoms. The van der Waals surface area contributed by atoms with E-state index in [1.807, 2.05) is 0 Å². The van der Waals surface area contributed by atoms with Gasteiger partial charge in [-0.1, -0.05) is 24.3 Å². The molecule has 1 aliphatic rings. The van der Waals surface area contributed by atoms with Gasteiger partial charge in [-0.2, -0.15) is 4.57 Å². The molecule has 5 rings (SSSR count). The van der Waals surface area contributed by atoms with Crippen LogP contribution in [0, 0.1) is 6.92 Å². The van der Waals surface area contributed by atoms with E-state index >= 15 is 0 Å². The van der Waals surface area contributed by atoms with Gasteiger partial charge in [0.1, 0.15) is 23.7 Å². The Kier molecular flexibility index (Phi) is 2.66. The normalized spacial score (nSPS) is 15.7. The highest BCUT2D eigenvalue weighted by molar-refractivity contribution is 6.14. The molecule has 4 aromatic rings. The summed E-state index contributed by atoms with van der Waals surface area (Å²) in [6, 6.07) is 22.2. The first-order valence-electron chi connectivity index (χ1n) is 8.45. The van der Waals surface area contributed by atoms with Crippen molar-refractivity contribution in [2.75, 3.05) is 7.05 Å². The lowest BCUT2D eigenvalue weighted by Crippen LogP contribution is -2.99. The van der Waals surface area contributed by atoms with Crippen LogP contribution in [0.25, 0.3) is 32.9 Å². The predicted octanol–water partition coefficient (Wildman–Crippen LogP) is 3.58. The lowest BCUT2D eigenvalue weighted by Gasteiger charge is -2.24. The fraction of sp³-hybridized carbons (Fsp3) is 0.136. The molecule has 0 spiro atoms. The van der Waals surface area contributed by atoms with Crippen molar-refractivity contribution < 1.29 is 9.47 Å². The number of aryl methyl sites for hydroxylation is 2. The fourth-order valence-corrected chi connectivity index (χ4v) is 4.31. The summed E-state index contributed by atoms with van der Waals surface area (Å²) in [4.78, 5) is 1.38. The quantitative estimate of drug-likeness (QED) is 0.375. The molecular weight excluding hydrogens is 292 g/mol. The van der Waals surface area contributed by atoms with E-state index in [1.54, 1.807) is 0 Å². The van der Waals surface area contributed by atoms with Gasteiger partial charge in [-0.05, 0) is 30.7 Å². The van der Waals surface area contributed by atoms with Gasteiger partial charge >= 0.3 is 0 Å². The van der Waals surface area contributed by atoms with Crippen LogP contribution in [0.5, 0.6) is 0 Å². The zero-order valence-corrected chi connectivity index (χ0v) is 14.2. The number of fused-ring (bicyclic) bond motifs is 4. The Labute approximate surface area is 141 Å². The molecule has 2 heterocycles. The van der Waals surface area contributed by atoms with E-state index in [4.69, 9.17) is 0 Å². The third-order valence-corrected chi connectivity index (χ3v) is 5.40. The van der Waals surface area contributed by atoms with Gasteiger partial charge in [-0.3, -0.25) is 4.90 Å². The van der Waals surface area contributed by atoms with Crippen LogP contribution >= 0.6 is 0 Å². The number of nitrogens with zero attached hydrogens (tertiary/aromatic N) is 1. The number of hydrogen-bond donors (Lipinski definition) is 1. The summed E-state index contributed by atoms with van der Waals surface area (Å²) in [7, 11) is 4.45. The Morgan fingerprint density at radius 3 is 2.46 bits per heavy atom. The SMILES string of the molecule is Cc1cc2c3c([n+](C)c4ccccc4c3c1)-c1ccccc1[NH+]2C. The highest BCUT2D eigenvalue weighted by Gasteiger charge is 2.34. The monoisotopic (exact) mass is 312 g/mol. The molecule has 1 aromatic heterocycles. The molecule has 2 heteroatoms. The maximum atomic E-state index is 2.36. The molecular formula is C22H20N2+2. The van der Waals surface area contributed by atoms with E-state index in [0.29, 0.717) is 0 Å². The zero-order chi connectivity index (χ0) is 16.4. The van der Waals surface area contributed by atoms with E-state index in [1.165, 1.54) is 54.8 Å². The summed E-state index contributed by atoms with van der Waals surface area (Å²) in [6.07, 6.45) is 0. The Balaban J connectivity index is 2.14. The molecule has 0 amide bonds. The van der Waals surface area contributed by atoms with Crippen LogP contribution in [0.15, 0.2) is 60.7 Å². The Hall–Kier alpha value is -2.71. The summed E-state index contributed by atoms with van der Waals surface area (Å²) >= 11 is 0. The van der Waals surface area contributed by atoms with E-state index in [-0.39, 0.29) is 0 Å². The molecule has 0 saturated heterocycles. The largest absolute Gasteiger partial charge is 0.271 e. The van der Waals surface area contributed by atoms with Gasteiger partial charge in [0.05, 0.1) is 12.4 Å². The number of para-hydroxylation sites is 2. The summed E-state index contributed by atoms with van der Waals surface area (Å²) in [5.74, 6) is 0. The summed E-state index contributed by atoms with van der Waals surface area (Å²) in [5.41, 5.74) is 8.00. The van der Waals surface area contributed by atoms with Crippen LogP contribution in [-0.2, 0) is 7.05 Å². The maximum absolute atomic E-state index is 2.36. The van der Waals surface area contributed by atoms with E-state index in [0.717, 1.165) is 0 Å². The second-order valence-electron chi connectivity index (χ2n) is 6.83. The van der Waals surface area contributed by atoms with Crippen molar-refractivity contribution in [2.45, 2.75) is 6.92 Å². The number of nitrogens with one attached hydrogen (secondary N) is 1. The number of pyridine rings is 1. The highest BCUT2D eigenvalue weighted by Crippen LogP contribution is 2.40. The van der Waals surface area contributed by atoms with Crippen LogP contribution in [0.1, 0.15) is 5.56 Å². The maximum Gasteiger partial charge on any atom is 0.232 e. The van der Waals surface area contributed by atoms with Crippen LogP contribution in [-0.4, -0.2) is 7.05 Å². The first-order chi connectivity index (χ1) is 11.7. The lowest BCUT2D eigenvalue weighted by molar-refractivity contribution is -0.734. The molecule has 0 aliphatic carbocycles. The minimum Gasteiger partial charge on any atom is -0.271 e. The van der Waals surface area contributed by atoms with Gasteiger partial charge < -0.3 is 0 Å². The lowest BCUT2D eigenvalue weighted by atomic mass is 9.92. The molecule has 0 saturated carbocycles. The van der Waals surface area contributed by atoms with Crippen LogP contribution in [0.4, 0.5) is 11.4 Å². The fourth-order valence-electron chi connectivity index (χ4n) is 4.31. The summed E-state index contributed by atoms with van der Waals surface area (Å²) < 4.78 is 2.36. The van der Waals surface area contributed by atoms with Gasteiger partial charge in [0.15, 0.2) is 5.69 Å². The molecule has 1 unspecified atom stereocenters. The summed E-state index contributed by atoms with van der Waals surface area (Å²) in [5, 5.41) is 4.08. The van der Waals surface area contributed by atoms with Crippen LogP contribution in [0.3, 0.4) is 0 Å². The van der Waals surface area contributed by atoms with Crippen LogP contribution < -0.4 is 9.47 Å². The number of benzene rings is 3. The first-order valence-corrected chi connectivity index (χ1v) is 8.45. The van der Waals surface area contributed by atoms with Crippen molar-refractivity contribution in [3.8, 4) is 11.3 Å². The molecule has 1 aliphatic heterocycles. The average Bonchev–Trinajstić information content (AvgIpc) is 2.61. The molecule has 1 N–H and O–H groups in total. The number of rotatable bonds is 0. The molecule has 0 radical (unpaired) electrons. The van der Waals surface area contributed by atoms with Gasteiger partial charge in [0.2, 0.25) is 11.2 Å². The van der Waals surface area contributed by atoms with Crippen molar-refractivity contribution in [1.29, 1.82) is 0 Å². The Bertz CT molecular complexity index is 1140. The van der Waals surface area contributed by atoms with Crippen LogP contribution in [0.2, 0.25) is 0 Å². The van der Waals surface area contributed by atoms with Gasteiger partial charge in [-0.25, -0.2) is 0 Å². The first kappa shape index (κ1) is 13.7. The molecule has 116 valence electrons. The molecule has 2 nitrogen and oxygen atoms in total. The van der Waals surface area contributed by atoms with E-state index < -0.39 is 0 Å². The van der Waals surface area contributed by atoms with E-state index in [2.05, 4.69) is 86.2 Å². The molecule has 0 fully saturated rings. The molecule has 1 atom stereocenters. The van der Waals surface area contributed by atoms with E-state index in [9.17, 15) is 0 Å². The third kappa shape index (κ3) is 1.61. The Morgan fingerprint density at radius 2 is 1.58 bits per heavy atom. The smallest absolute Gasteiger partial charge is 0.232 e. The number of hydrogen-bond acceptors (Lipinski definition) is 0. The molecule has 24 heavy (non-hydrogen) atoms. The van der Waals surface area contributed by atoms with Gasteiger partial charge in [0, 0.05) is 23.6 Å². The molecule has 3 aromatic carbocycles. The topological polar surface area (TPSA) is 8.32 Å². The van der Waals surface area contributed by atoms with Gasteiger partial charge in [0.25, 0.3) is 0 Å². The Morgan fingerprint density at radius 1 is 0.833 bits per heavy atom. The van der Waals surface area contributed by atoms with Crippen molar-refractivity contribution in [3.63, 3.8) is 0 Å². The summed E-state index contributed by atoms with van der Waals surface area (Å²) in [6.45, 7) is 2.20. The third-order valence-electron chi connectivity index (χ3n) is 5.40. The van der Waals surface area contributed by atoms with Gasteiger partial charge in [-0.15, -0.1) is 0 Å². The minimum absolute atomic E-state index is 1.28.